The number of hydrogen-bond acceptors (Lipinski definition) is 5. The molecule has 0 aromatic rings. The Hall–Kier alpha value is -1.10. The number of ether oxygens (including phenoxy) is 2. The van der Waals surface area contributed by atoms with E-state index >= 15 is 0 Å². The lowest BCUT2D eigenvalue weighted by Crippen LogP contribution is -2.42. The second-order valence-corrected chi connectivity index (χ2v) is 6.17. The summed E-state index contributed by atoms with van der Waals surface area (Å²) in [5.41, 5.74) is -1.12. The summed E-state index contributed by atoms with van der Waals surface area (Å²) in [4.78, 5) is 23.4. The minimum Gasteiger partial charge on any atom is -0.460 e. The minimum atomic E-state index is -0.681. The number of carbonyl (C=O) groups is 2. The molecule has 0 heterocycles. The van der Waals surface area contributed by atoms with Crippen molar-refractivity contribution in [1.29, 1.82) is 0 Å². The Kier molecular flexibility index (Phi) is 5.80. The molecule has 0 aliphatic carbocycles. The van der Waals surface area contributed by atoms with Crippen molar-refractivity contribution in [3.05, 3.63) is 0 Å². The van der Waals surface area contributed by atoms with Crippen LogP contribution in [0.15, 0.2) is 0 Å². The van der Waals surface area contributed by atoms with Gasteiger partial charge in [0.2, 0.25) is 0 Å². The predicted molar refractivity (Wildman–Crippen MR) is 69.2 cm³/mol. The van der Waals surface area contributed by atoms with E-state index in [1.165, 1.54) is 0 Å². The highest BCUT2D eigenvalue weighted by Gasteiger charge is 2.28. The van der Waals surface area contributed by atoms with Gasteiger partial charge in [-0.1, -0.05) is 0 Å². The molecule has 0 amide bonds. The fourth-order valence-electron chi connectivity index (χ4n) is 1.23. The van der Waals surface area contributed by atoms with E-state index in [9.17, 15) is 9.59 Å². The van der Waals surface area contributed by atoms with Gasteiger partial charge in [0.1, 0.15) is 17.2 Å². The van der Waals surface area contributed by atoms with Crippen LogP contribution in [0.1, 0.15) is 48.0 Å². The van der Waals surface area contributed by atoms with E-state index in [0.717, 1.165) is 0 Å². The predicted octanol–water partition coefficient (Wildman–Crippen LogP) is 1.65. The van der Waals surface area contributed by atoms with Crippen molar-refractivity contribution in [3.63, 3.8) is 0 Å². The molecule has 1 N–H and O–H groups in total. The summed E-state index contributed by atoms with van der Waals surface area (Å²) in [6.45, 7) is 10.7. The molecular weight excluding hydrogens is 234 g/mol. The van der Waals surface area contributed by atoms with Crippen LogP contribution in [0.4, 0.5) is 0 Å². The second-order valence-electron chi connectivity index (χ2n) is 6.17. The van der Waals surface area contributed by atoms with Crippen molar-refractivity contribution in [2.24, 2.45) is 0 Å². The first-order valence-electron chi connectivity index (χ1n) is 6.06. The normalized spacial score (nSPS) is 13.9. The fraction of sp³-hybridized carbons (Fsp3) is 0.846. The van der Waals surface area contributed by atoms with Crippen LogP contribution in [-0.2, 0) is 19.1 Å². The number of esters is 2. The third kappa shape index (κ3) is 8.06. The first-order chi connectivity index (χ1) is 7.94. The maximum Gasteiger partial charge on any atom is 0.324 e. The van der Waals surface area contributed by atoms with Crippen LogP contribution in [0.5, 0.6) is 0 Å². The molecule has 0 rings (SSSR count). The van der Waals surface area contributed by atoms with Crippen molar-refractivity contribution in [1.82, 2.24) is 5.32 Å². The molecule has 106 valence electrons. The van der Waals surface area contributed by atoms with Gasteiger partial charge in [-0.3, -0.25) is 9.59 Å². The van der Waals surface area contributed by atoms with Gasteiger partial charge in [0.15, 0.2) is 0 Å². The molecule has 0 saturated carbocycles. The van der Waals surface area contributed by atoms with Gasteiger partial charge in [-0.25, -0.2) is 0 Å². The molecule has 1 atom stereocenters. The molecule has 18 heavy (non-hydrogen) atoms. The third-order valence-corrected chi connectivity index (χ3v) is 1.83. The molecule has 0 bridgehead atoms. The van der Waals surface area contributed by atoms with Gasteiger partial charge in [0.05, 0.1) is 6.42 Å². The van der Waals surface area contributed by atoms with Crippen molar-refractivity contribution in [2.75, 3.05) is 7.05 Å². The molecule has 0 unspecified atom stereocenters. The Labute approximate surface area is 109 Å². The van der Waals surface area contributed by atoms with Crippen molar-refractivity contribution in [2.45, 2.75) is 65.2 Å². The number of hydrogen-bond donors (Lipinski definition) is 1. The van der Waals surface area contributed by atoms with Crippen LogP contribution in [0, 0.1) is 0 Å². The smallest absolute Gasteiger partial charge is 0.324 e. The molecule has 0 radical (unpaired) electrons. The van der Waals surface area contributed by atoms with Crippen molar-refractivity contribution in [3.8, 4) is 0 Å². The summed E-state index contributed by atoms with van der Waals surface area (Å²) in [5.74, 6) is -0.872. The highest BCUT2D eigenvalue weighted by atomic mass is 16.6. The van der Waals surface area contributed by atoms with Gasteiger partial charge in [-0.2, -0.15) is 0 Å². The Balaban J connectivity index is 4.44. The van der Waals surface area contributed by atoms with Gasteiger partial charge in [0, 0.05) is 0 Å². The van der Waals surface area contributed by atoms with E-state index in [-0.39, 0.29) is 6.42 Å². The van der Waals surface area contributed by atoms with Crippen LogP contribution in [0.3, 0.4) is 0 Å². The lowest BCUT2D eigenvalue weighted by Gasteiger charge is -2.25. The first kappa shape index (κ1) is 16.9. The molecular formula is C13H25NO4. The van der Waals surface area contributed by atoms with Crippen LogP contribution in [-0.4, -0.2) is 36.2 Å². The zero-order chi connectivity index (χ0) is 14.6. The average Bonchev–Trinajstić information content (AvgIpc) is 2.07. The summed E-state index contributed by atoms with van der Waals surface area (Å²) in [7, 11) is 1.61. The Bertz CT molecular complexity index is 299. The first-order valence-corrected chi connectivity index (χ1v) is 6.06. The number of nitrogens with one attached hydrogen (secondary N) is 1. The van der Waals surface area contributed by atoms with E-state index < -0.39 is 29.2 Å². The van der Waals surface area contributed by atoms with Crippen molar-refractivity contribution < 1.29 is 19.1 Å². The number of rotatable bonds is 4. The third-order valence-electron chi connectivity index (χ3n) is 1.83. The fourth-order valence-corrected chi connectivity index (χ4v) is 1.23. The molecule has 0 aromatic carbocycles. The standard InChI is InChI=1S/C13H25NO4/c1-12(2,3)17-10(15)8-9(14-7)11(16)18-13(4,5)6/h9,14H,8H2,1-7H3/t9-/m1/s1. The van der Waals surface area contributed by atoms with Crippen LogP contribution in [0.25, 0.3) is 0 Å². The molecule has 0 fully saturated rings. The molecule has 0 aliphatic heterocycles. The number of likely N-dealkylation sites (N-methyl/N-ethyl adjacent to an activating group) is 1. The van der Waals surface area contributed by atoms with Crippen molar-refractivity contribution >= 4 is 11.9 Å². The molecule has 5 heteroatoms. The Morgan fingerprint density at radius 1 is 1.00 bits per heavy atom. The van der Waals surface area contributed by atoms with Gasteiger partial charge in [-0.05, 0) is 48.6 Å². The maximum absolute atomic E-state index is 11.8. The quantitative estimate of drug-likeness (QED) is 0.778. The summed E-state index contributed by atoms with van der Waals surface area (Å²) in [5, 5.41) is 2.77. The maximum atomic E-state index is 11.8. The monoisotopic (exact) mass is 259 g/mol. The minimum absolute atomic E-state index is 0.0390. The lowest BCUT2D eigenvalue weighted by atomic mass is 10.1. The number of carbonyl (C=O) groups excluding carboxylic acids is 2. The molecule has 0 aliphatic rings. The summed E-state index contributed by atoms with van der Waals surface area (Å²) in [6, 6.07) is -0.681. The molecule has 0 spiro atoms. The van der Waals surface area contributed by atoms with Crippen LogP contribution >= 0.6 is 0 Å². The van der Waals surface area contributed by atoms with Crippen LogP contribution in [0.2, 0.25) is 0 Å². The second kappa shape index (κ2) is 6.18. The van der Waals surface area contributed by atoms with Gasteiger partial charge in [0.25, 0.3) is 0 Å². The van der Waals surface area contributed by atoms with E-state index in [0.29, 0.717) is 0 Å². The van der Waals surface area contributed by atoms with E-state index in [4.69, 9.17) is 9.47 Å². The van der Waals surface area contributed by atoms with E-state index in [1.807, 2.05) is 0 Å². The lowest BCUT2D eigenvalue weighted by molar-refractivity contribution is -0.164. The summed E-state index contributed by atoms with van der Waals surface area (Å²) >= 11 is 0. The zero-order valence-electron chi connectivity index (χ0n) is 12.4. The molecule has 5 nitrogen and oxygen atoms in total. The Morgan fingerprint density at radius 2 is 1.44 bits per heavy atom. The van der Waals surface area contributed by atoms with Gasteiger partial charge >= 0.3 is 11.9 Å². The largest absolute Gasteiger partial charge is 0.460 e. The van der Waals surface area contributed by atoms with E-state index in [1.54, 1.807) is 48.6 Å². The Morgan fingerprint density at radius 3 is 1.78 bits per heavy atom. The van der Waals surface area contributed by atoms with Gasteiger partial charge in [-0.15, -0.1) is 0 Å². The summed E-state index contributed by atoms with van der Waals surface area (Å²) < 4.78 is 10.4. The van der Waals surface area contributed by atoms with E-state index in [2.05, 4.69) is 5.32 Å². The highest BCUT2D eigenvalue weighted by molar-refractivity contribution is 5.83. The molecule has 0 aromatic heterocycles. The molecule has 0 saturated heterocycles. The average molecular weight is 259 g/mol. The SMILES string of the molecule is CN[C@H](CC(=O)OC(C)(C)C)C(=O)OC(C)(C)C. The van der Waals surface area contributed by atoms with Gasteiger partial charge < -0.3 is 14.8 Å². The van der Waals surface area contributed by atoms with Crippen LogP contribution < -0.4 is 5.32 Å². The highest BCUT2D eigenvalue weighted by Crippen LogP contribution is 2.12. The topological polar surface area (TPSA) is 64.6 Å². The summed E-state index contributed by atoms with van der Waals surface area (Å²) in [6.07, 6.45) is -0.0390. The zero-order valence-corrected chi connectivity index (χ0v) is 12.4.